The summed E-state index contributed by atoms with van der Waals surface area (Å²) in [5.41, 5.74) is 3.96. The Kier molecular flexibility index (Phi) is 3.87. The molecule has 2 aromatic heterocycles. The van der Waals surface area contributed by atoms with Gasteiger partial charge in [0.2, 0.25) is 5.88 Å². The molecule has 2 heterocycles. The summed E-state index contributed by atoms with van der Waals surface area (Å²) in [5.74, 6) is -0.424. The SMILES string of the molecule is COc1ncccc1C1=C(c2cccc(C(=O)O)n2)CCC1. The van der Waals surface area contributed by atoms with Crippen molar-refractivity contribution in [1.29, 1.82) is 0 Å². The van der Waals surface area contributed by atoms with E-state index < -0.39 is 5.97 Å². The monoisotopic (exact) mass is 296 g/mol. The van der Waals surface area contributed by atoms with Crippen molar-refractivity contribution in [3.63, 3.8) is 0 Å². The van der Waals surface area contributed by atoms with E-state index in [-0.39, 0.29) is 5.69 Å². The van der Waals surface area contributed by atoms with Crippen LogP contribution in [-0.2, 0) is 0 Å². The molecule has 0 spiro atoms. The zero-order valence-electron chi connectivity index (χ0n) is 12.2. The summed E-state index contributed by atoms with van der Waals surface area (Å²) in [5, 5.41) is 9.11. The Morgan fingerprint density at radius 2 is 2.00 bits per heavy atom. The van der Waals surface area contributed by atoms with Crippen molar-refractivity contribution in [3.8, 4) is 5.88 Å². The van der Waals surface area contributed by atoms with E-state index in [1.165, 1.54) is 6.07 Å². The fourth-order valence-corrected chi connectivity index (χ4v) is 2.83. The van der Waals surface area contributed by atoms with E-state index in [1.54, 1.807) is 19.4 Å². The van der Waals surface area contributed by atoms with Gasteiger partial charge in [-0.1, -0.05) is 6.07 Å². The van der Waals surface area contributed by atoms with E-state index in [0.717, 1.165) is 41.7 Å². The van der Waals surface area contributed by atoms with Gasteiger partial charge < -0.3 is 9.84 Å². The number of carbonyl (C=O) groups is 1. The molecule has 22 heavy (non-hydrogen) atoms. The number of allylic oxidation sites excluding steroid dienone is 2. The number of nitrogens with zero attached hydrogens (tertiary/aromatic N) is 2. The van der Waals surface area contributed by atoms with E-state index in [4.69, 9.17) is 9.84 Å². The highest BCUT2D eigenvalue weighted by atomic mass is 16.5. The van der Waals surface area contributed by atoms with E-state index in [0.29, 0.717) is 5.88 Å². The normalized spacial score (nSPS) is 14.2. The van der Waals surface area contributed by atoms with Gasteiger partial charge in [-0.05, 0) is 54.7 Å². The number of rotatable bonds is 4. The first-order chi connectivity index (χ1) is 10.7. The van der Waals surface area contributed by atoms with E-state index >= 15 is 0 Å². The van der Waals surface area contributed by atoms with Crippen LogP contribution in [0.25, 0.3) is 11.1 Å². The van der Waals surface area contributed by atoms with Crippen molar-refractivity contribution in [2.75, 3.05) is 7.11 Å². The largest absolute Gasteiger partial charge is 0.481 e. The summed E-state index contributed by atoms with van der Waals surface area (Å²) in [7, 11) is 1.60. The minimum absolute atomic E-state index is 0.0643. The van der Waals surface area contributed by atoms with Gasteiger partial charge in [-0.3, -0.25) is 0 Å². The smallest absolute Gasteiger partial charge is 0.354 e. The molecule has 2 aromatic rings. The van der Waals surface area contributed by atoms with Crippen LogP contribution in [0.1, 0.15) is 41.0 Å². The fraction of sp³-hybridized carbons (Fsp3) is 0.235. The number of carboxylic acids is 1. The van der Waals surface area contributed by atoms with Crippen LogP contribution in [0.4, 0.5) is 0 Å². The standard InChI is InChI=1S/C17H16N2O3/c1-22-16-13(7-4-10-18-16)11-5-2-6-12(11)14-8-3-9-15(19-14)17(20)21/h3-4,7-10H,2,5-6H2,1H3,(H,20,21). The topological polar surface area (TPSA) is 72.3 Å². The second-order valence-corrected chi connectivity index (χ2v) is 5.08. The Hall–Kier alpha value is -2.69. The molecule has 1 aliphatic rings. The van der Waals surface area contributed by atoms with Gasteiger partial charge in [-0.2, -0.15) is 0 Å². The summed E-state index contributed by atoms with van der Waals surface area (Å²) in [6, 6.07) is 8.95. The van der Waals surface area contributed by atoms with Gasteiger partial charge in [0.1, 0.15) is 5.69 Å². The van der Waals surface area contributed by atoms with Crippen LogP contribution >= 0.6 is 0 Å². The summed E-state index contributed by atoms with van der Waals surface area (Å²) in [6.45, 7) is 0. The van der Waals surface area contributed by atoms with E-state index in [1.807, 2.05) is 18.2 Å². The van der Waals surface area contributed by atoms with Gasteiger partial charge in [0, 0.05) is 11.8 Å². The van der Waals surface area contributed by atoms with Crippen LogP contribution in [-0.4, -0.2) is 28.2 Å². The number of carboxylic acid groups (broad SMARTS) is 1. The van der Waals surface area contributed by atoms with Gasteiger partial charge in [0.15, 0.2) is 0 Å². The fourth-order valence-electron chi connectivity index (χ4n) is 2.83. The number of methoxy groups -OCH3 is 1. The van der Waals surface area contributed by atoms with Crippen LogP contribution in [0, 0.1) is 0 Å². The minimum atomic E-state index is -1.01. The number of ether oxygens (including phenoxy) is 1. The van der Waals surface area contributed by atoms with Crippen molar-refractivity contribution in [2.24, 2.45) is 0 Å². The van der Waals surface area contributed by atoms with Crippen LogP contribution < -0.4 is 4.74 Å². The summed E-state index contributed by atoms with van der Waals surface area (Å²) in [4.78, 5) is 19.6. The third-order valence-corrected chi connectivity index (χ3v) is 3.78. The van der Waals surface area contributed by atoms with Gasteiger partial charge in [-0.25, -0.2) is 14.8 Å². The van der Waals surface area contributed by atoms with Crippen molar-refractivity contribution < 1.29 is 14.6 Å². The number of aromatic nitrogens is 2. The molecular weight excluding hydrogens is 280 g/mol. The average Bonchev–Trinajstić information content (AvgIpc) is 3.04. The van der Waals surface area contributed by atoms with Crippen LogP contribution in [0.5, 0.6) is 5.88 Å². The molecule has 0 unspecified atom stereocenters. The molecule has 1 N–H and O–H groups in total. The molecule has 5 heteroatoms. The summed E-state index contributed by atoms with van der Waals surface area (Å²) in [6.07, 6.45) is 4.50. The maximum absolute atomic E-state index is 11.1. The average molecular weight is 296 g/mol. The number of hydrogen-bond donors (Lipinski definition) is 1. The maximum atomic E-state index is 11.1. The van der Waals surface area contributed by atoms with Gasteiger partial charge in [0.25, 0.3) is 0 Å². The predicted molar refractivity (Wildman–Crippen MR) is 82.7 cm³/mol. The molecule has 3 rings (SSSR count). The lowest BCUT2D eigenvalue weighted by atomic mass is 10.0. The zero-order valence-corrected chi connectivity index (χ0v) is 12.2. The highest BCUT2D eigenvalue weighted by molar-refractivity contribution is 5.94. The highest BCUT2D eigenvalue weighted by Crippen LogP contribution is 2.41. The molecule has 0 saturated carbocycles. The molecule has 0 fully saturated rings. The second kappa shape index (κ2) is 5.97. The minimum Gasteiger partial charge on any atom is -0.481 e. The Labute approximate surface area is 128 Å². The quantitative estimate of drug-likeness (QED) is 0.937. The lowest BCUT2D eigenvalue weighted by molar-refractivity contribution is 0.0690. The third kappa shape index (κ3) is 2.57. The first-order valence-corrected chi connectivity index (χ1v) is 7.13. The Morgan fingerprint density at radius 3 is 2.77 bits per heavy atom. The van der Waals surface area contributed by atoms with Crippen molar-refractivity contribution in [1.82, 2.24) is 9.97 Å². The van der Waals surface area contributed by atoms with Crippen LogP contribution in [0.3, 0.4) is 0 Å². The molecule has 0 atom stereocenters. The number of aromatic carboxylic acids is 1. The predicted octanol–water partition coefficient (Wildman–Crippen LogP) is 3.28. The number of pyridine rings is 2. The summed E-state index contributed by atoms with van der Waals surface area (Å²) < 4.78 is 5.34. The lowest BCUT2D eigenvalue weighted by Crippen LogP contribution is -2.02. The van der Waals surface area contributed by atoms with E-state index in [2.05, 4.69) is 9.97 Å². The molecule has 0 bridgehead atoms. The first kappa shape index (κ1) is 14.3. The second-order valence-electron chi connectivity index (χ2n) is 5.08. The van der Waals surface area contributed by atoms with Gasteiger partial charge in [-0.15, -0.1) is 0 Å². The molecule has 0 radical (unpaired) electrons. The molecule has 0 amide bonds. The highest BCUT2D eigenvalue weighted by Gasteiger charge is 2.22. The Bertz CT molecular complexity index is 753. The van der Waals surface area contributed by atoms with Gasteiger partial charge >= 0.3 is 5.97 Å². The van der Waals surface area contributed by atoms with Crippen LogP contribution in [0.15, 0.2) is 36.5 Å². The van der Waals surface area contributed by atoms with Crippen molar-refractivity contribution in [3.05, 3.63) is 53.5 Å². The Morgan fingerprint density at radius 1 is 1.18 bits per heavy atom. The number of hydrogen-bond acceptors (Lipinski definition) is 4. The van der Waals surface area contributed by atoms with Gasteiger partial charge in [0.05, 0.1) is 12.8 Å². The van der Waals surface area contributed by atoms with E-state index in [9.17, 15) is 4.79 Å². The summed E-state index contributed by atoms with van der Waals surface area (Å²) >= 11 is 0. The molecule has 0 saturated heterocycles. The first-order valence-electron chi connectivity index (χ1n) is 7.13. The Balaban J connectivity index is 2.11. The lowest BCUT2D eigenvalue weighted by Gasteiger charge is -2.11. The molecule has 0 aromatic carbocycles. The van der Waals surface area contributed by atoms with Crippen molar-refractivity contribution in [2.45, 2.75) is 19.3 Å². The van der Waals surface area contributed by atoms with Crippen molar-refractivity contribution >= 4 is 17.1 Å². The zero-order chi connectivity index (χ0) is 15.5. The molecule has 112 valence electrons. The molecular formula is C17H16N2O3. The maximum Gasteiger partial charge on any atom is 0.354 e. The molecule has 5 nitrogen and oxygen atoms in total. The van der Waals surface area contributed by atoms with Crippen LogP contribution in [0.2, 0.25) is 0 Å². The third-order valence-electron chi connectivity index (χ3n) is 3.78. The molecule has 0 aliphatic heterocycles. The molecule has 1 aliphatic carbocycles.